The van der Waals surface area contributed by atoms with E-state index < -0.39 is 33.9 Å². The van der Waals surface area contributed by atoms with Gasteiger partial charge in [-0.2, -0.15) is 0 Å². The molecule has 0 fully saturated rings. The van der Waals surface area contributed by atoms with Crippen LogP contribution in [-0.2, 0) is 9.53 Å². The third-order valence-corrected chi connectivity index (χ3v) is 8.39. The van der Waals surface area contributed by atoms with E-state index in [9.17, 15) is 24.8 Å². The molecule has 1 N–H and O–H groups in total. The number of aromatic hydroxyl groups is 1. The number of rotatable bonds is 8. The first-order valence-electron chi connectivity index (χ1n) is 14.0. The van der Waals surface area contributed by atoms with E-state index >= 15 is 0 Å². The summed E-state index contributed by atoms with van der Waals surface area (Å²) in [6.45, 7) is 7.82. The lowest BCUT2D eigenvalue weighted by Gasteiger charge is -2.28. The summed E-state index contributed by atoms with van der Waals surface area (Å²) in [5, 5.41) is 21.3. The predicted molar refractivity (Wildman–Crippen MR) is 168 cm³/mol. The topological polar surface area (TPSA) is 133 Å². The first kappa shape index (κ1) is 30.4. The molecule has 1 aliphatic rings. The first-order valence-corrected chi connectivity index (χ1v) is 14.8. The lowest BCUT2D eigenvalue weighted by Crippen LogP contribution is -2.40. The van der Waals surface area contributed by atoms with E-state index in [4.69, 9.17) is 14.5 Å². The van der Waals surface area contributed by atoms with Gasteiger partial charge in [-0.15, -0.1) is 0 Å². The molecule has 44 heavy (non-hydrogen) atoms. The van der Waals surface area contributed by atoms with Gasteiger partial charge in [0.25, 0.3) is 5.56 Å². The van der Waals surface area contributed by atoms with Crippen LogP contribution in [-0.4, -0.2) is 34.3 Å². The van der Waals surface area contributed by atoms with Crippen LogP contribution in [0.25, 0.3) is 11.8 Å². The fraction of sp³-hybridized carbons (Fsp3) is 0.242. The zero-order chi connectivity index (χ0) is 31.7. The van der Waals surface area contributed by atoms with E-state index in [2.05, 4.69) is 0 Å². The molecule has 1 atom stereocenters. The Balaban J connectivity index is 1.87. The van der Waals surface area contributed by atoms with Crippen LogP contribution >= 0.6 is 11.3 Å². The fourth-order valence-electron chi connectivity index (χ4n) is 5.30. The molecule has 226 valence electrons. The molecule has 10 nitrogen and oxygen atoms in total. The summed E-state index contributed by atoms with van der Waals surface area (Å²) in [6.07, 6.45) is 1.52. The van der Waals surface area contributed by atoms with Gasteiger partial charge in [0.05, 0.1) is 40.5 Å². The largest absolute Gasteiger partial charge is 0.502 e. The van der Waals surface area contributed by atoms with Crippen LogP contribution in [0.1, 0.15) is 60.5 Å². The number of esters is 1. The van der Waals surface area contributed by atoms with Crippen molar-refractivity contribution in [2.24, 2.45) is 4.99 Å². The minimum Gasteiger partial charge on any atom is -0.502 e. The number of phenols is 1. The third kappa shape index (κ3) is 5.53. The van der Waals surface area contributed by atoms with Crippen LogP contribution in [0.3, 0.4) is 0 Å². The van der Waals surface area contributed by atoms with Crippen molar-refractivity contribution in [2.75, 3.05) is 13.7 Å². The Labute approximate surface area is 257 Å². The minimum absolute atomic E-state index is 0.0778. The number of carbonyl (C=O) groups excluding carboxylic acids is 1. The molecule has 3 aromatic carbocycles. The molecule has 1 unspecified atom stereocenters. The molecule has 0 amide bonds. The van der Waals surface area contributed by atoms with Crippen molar-refractivity contribution in [3.8, 4) is 11.5 Å². The number of nitro groups is 1. The molecule has 4 aromatic rings. The van der Waals surface area contributed by atoms with Gasteiger partial charge in [-0.1, -0.05) is 61.6 Å². The Hall–Kier alpha value is -5.03. The molecule has 11 heteroatoms. The SMILES string of the molecule is CCOC(=O)C1=C(c2ccccc2)N=c2sc(=Cc3ccc(O)c([N+](=O)[O-])c3)c(=O)n2C1c1cc(C(C)C)c(OC)cc1C. The van der Waals surface area contributed by atoms with Gasteiger partial charge in [-0.05, 0) is 66.3 Å². The van der Waals surface area contributed by atoms with E-state index in [-0.39, 0.29) is 22.6 Å². The van der Waals surface area contributed by atoms with Crippen molar-refractivity contribution < 1.29 is 24.3 Å². The molecule has 0 bridgehead atoms. The summed E-state index contributed by atoms with van der Waals surface area (Å²) in [5.41, 5.74) is 3.18. The Kier molecular flexibility index (Phi) is 8.50. The maximum atomic E-state index is 14.2. The molecule has 0 aliphatic carbocycles. The number of phenolic OH excluding ortho intramolecular Hbond substituents is 1. The van der Waals surface area contributed by atoms with Crippen LogP contribution in [0.4, 0.5) is 5.69 Å². The molecule has 0 saturated carbocycles. The maximum absolute atomic E-state index is 14.2. The maximum Gasteiger partial charge on any atom is 0.338 e. The molecule has 1 aliphatic heterocycles. The van der Waals surface area contributed by atoms with Gasteiger partial charge < -0.3 is 14.6 Å². The van der Waals surface area contributed by atoms with E-state index in [1.165, 1.54) is 28.8 Å². The number of hydrogen-bond donors (Lipinski definition) is 1. The van der Waals surface area contributed by atoms with Crippen LogP contribution in [0.2, 0.25) is 0 Å². The van der Waals surface area contributed by atoms with Crippen LogP contribution in [0.5, 0.6) is 11.5 Å². The van der Waals surface area contributed by atoms with Crippen molar-refractivity contribution in [1.29, 1.82) is 0 Å². The predicted octanol–water partition coefficient (Wildman–Crippen LogP) is 4.99. The summed E-state index contributed by atoms with van der Waals surface area (Å²) in [5.74, 6) is -0.289. The number of nitrogens with zero attached hydrogens (tertiary/aromatic N) is 3. The third-order valence-electron chi connectivity index (χ3n) is 7.40. The van der Waals surface area contributed by atoms with E-state index in [1.54, 1.807) is 14.0 Å². The second-order valence-electron chi connectivity index (χ2n) is 10.5. The minimum atomic E-state index is -0.889. The Morgan fingerprint density at radius 3 is 2.55 bits per heavy atom. The number of hydrogen-bond acceptors (Lipinski definition) is 9. The van der Waals surface area contributed by atoms with Crippen molar-refractivity contribution >= 4 is 34.8 Å². The molecule has 0 radical (unpaired) electrons. The zero-order valence-electron chi connectivity index (χ0n) is 24.9. The van der Waals surface area contributed by atoms with Crippen LogP contribution < -0.4 is 19.6 Å². The van der Waals surface area contributed by atoms with Crippen molar-refractivity contribution in [2.45, 2.75) is 39.7 Å². The average Bonchev–Trinajstić information content (AvgIpc) is 3.31. The summed E-state index contributed by atoms with van der Waals surface area (Å²) < 4.78 is 13.0. The summed E-state index contributed by atoms with van der Waals surface area (Å²) in [4.78, 5) is 43.9. The molecule has 5 rings (SSSR count). The van der Waals surface area contributed by atoms with Crippen molar-refractivity contribution in [3.63, 3.8) is 0 Å². The summed E-state index contributed by atoms with van der Waals surface area (Å²) in [6, 6.07) is 16.1. The van der Waals surface area contributed by atoms with Gasteiger partial charge in [0.15, 0.2) is 10.6 Å². The standard InChI is InChI=1S/C33H31N3O7S/c1-6-43-32(39)28-29(21-10-8-7-9-11-21)34-33-35(30(28)23-17-22(18(2)3)26(42-5)14-19(23)4)31(38)27(44-33)16-20-12-13-25(37)24(15-20)36(40)41/h7-18,30,37H,6H2,1-5H3. The number of thiazole rings is 1. The van der Waals surface area contributed by atoms with E-state index in [1.807, 2.05) is 63.2 Å². The number of ether oxygens (including phenoxy) is 2. The molecule has 0 spiro atoms. The smallest absolute Gasteiger partial charge is 0.338 e. The van der Waals surface area contributed by atoms with Crippen LogP contribution in [0, 0.1) is 17.0 Å². The lowest BCUT2D eigenvalue weighted by molar-refractivity contribution is -0.385. The fourth-order valence-corrected chi connectivity index (χ4v) is 6.30. The van der Waals surface area contributed by atoms with Crippen LogP contribution in [0.15, 0.2) is 76.0 Å². The zero-order valence-corrected chi connectivity index (χ0v) is 25.7. The van der Waals surface area contributed by atoms with Gasteiger partial charge in [-0.25, -0.2) is 9.79 Å². The monoisotopic (exact) mass is 613 g/mol. The molecular formula is C33H31N3O7S. The molecule has 0 saturated heterocycles. The highest BCUT2D eigenvalue weighted by atomic mass is 32.1. The quantitative estimate of drug-likeness (QED) is 0.168. The lowest BCUT2D eigenvalue weighted by atomic mass is 9.87. The van der Waals surface area contributed by atoms with E-state index in [0.717, 1.165) is 22.5 Å². The summed E-state index contributed by atoms with van der Waals surface area (Å²) >= 11 is 1.11. The number of aryl methyl sites for hydroxylation is 1. The Morgan fingerprint density at radius 1 is 1.18 bits per heavy atom. The number of methoxy groups -OCH3 is 1. The number of aromatic nitrogens is 1. The number of fused-ring (bicyclic) bond motifs is 1. The molecular weight excluding hydrogens is 582 g/mol. The first-order chi connectivity index (χ1) is 21.0. The van der Waals surface area contributed by atoms with Gasteiger partial charge in [0.2, 0.25) is 0 Å². The van der Waals surface area contributed by atoms with Crippen molar-refractivity contribution in [1.82, 2.24) is 4.57 Å². The van der Waals surface area contributed by atoms with Crippen molar-refractivity contribution in [3.05, 3.63) is 124 Å². The normalized spacial score (nSPS) is 14.8. The Morgan fingerprint density at radius 2 is 1.91 bits per heavy atom. The number of benzene rings is 3. The van der Waals surface area contributed by atoms with Gasteiger partial charge >= 0.3 is 11.7 Å². The van der Waals surface area contributed by atoms with Gasteiger partial charge in [0, 0.05) is 11.6 Å². The highest BCUT2D eigenvalue weighted by Crippen LogP contribution is 2.40. The number of nitro benzene ring substituents is 1. The summed E-state index contributed by atoms with van der Waals surface area (Å²) in [7, 11) is 1.61. The number of carbonyl (C=O) groups is 1. The molecule has 1 aromatic heterocycles. The highest BCUT2D eigenvalue weighted by molar-refractivity contribution is 7.07. The van der Waals surface area contributed by atoms with E-state index in [0.29, 0.717) is 32.9 Å². The second kappa shape index (κ2) is 12.3. The second-order valence-corrected chi connectivity index (χ2v) is 11.6. The average molecular weight is 614 g/mol. The van der Waals surface area contributed by atoms with Gasteiger partial charge in [-0.3, -0.25) is 19.5 Å². The molecule has 2 heterocycles. The Bertz CT molecular complexity index is 1990. The highest BCUT2D eigenvalue weighted by Gasteiger charge is 2.36. The van der Waals surface area contributed by atoms with Gasteiger partial charge in [0.1, 0.15) is 5.75 Å².